The van der Waals surface area contributed by atoms with Gasteiger partial charge in [0.1, 0.15) is 5.69 Å². The number of aromatic nitrogens is 3. The standard InChI is InChI=1S/C13H15N3O3/c1-9-4-6-10(7-5-9)16-11(8-18-2)12(14-15-16)13(17)19-3/h4-7H,8H2,1-3H3. The van der Waals surface area contributed by atoms with E-state index < -0.39 is 5.97 Å². The molecule has 0 amide bonds. The number of esters is 1. The Morgan fingerprint density at radius 3 is 2.53 bits per heavy atom. The molecular formula is C13H15N3O3. The number of nitrogens with zero attached hydrogens (tertiary/aromatic N) is 3. The molecule has 0 aliphatic carbocycles. The molecule has 0 saturated heterocycles. The maximum Gasteiger partial charge on any atom is 0.360 e. The number of ether oxygens (including phenoxy) is 2. The van der Waals surface area contributed by atoms with Crippen LogP contribution in [0.4, 0.5) is 0 Å². The van der Waals surface area contributed by atoms with Crippen LogP contribution in [0, 0.1) is 6.92 Å². The van der Waals surface area contributed by atoms with Crippen molar-refractivity contribution >= 4 is 5.97 Å². The summed E-state index contributed by atoms with van der Waals surface area (Å²) in [6.45, 7) is 2.23. The van der Waals surface area contributed by atoms with Gasteiger partial charge < -0.3 is 9.47 Å². The second-order valence-electron chi connectivity index (χ2n) is 4.06. The predicted molar refractivity (Wildman–Crippen MR) is 68.1 cm³/mol. The molecule has 1 aromatic carbocycles. The fourth-order valence-electron chi connectivity index (χ4n) is 1.72. The lowest BCUT2D eigenvalue weighted by molar-refractivity contribution is 0.0588. The Labute approximate surface area is 110 Å². The minimum absolute atomic E-state index is 0.171. The topological polar surface area (TPSA) is 66.2 Å². The van der Waals surface area contributed by atoms with Gasteiger partial charge in [-0.05, 0) is 19.1 Å². The van der Waals surface area contributed by atoms with Crippen LogP contribution in [0.3, 0.4) is 0 Å². The van der Waals surface area contributed by atoms with Gasteiger partial charge in [0.25, 0.3) is 0 Å². The summed E-state index contributed by atoms with van der Waals surface area (Å²) < 4.78 is 11.4. The SMILES string of the molecule is COCc1c(C(=O)OC)nnn1-c1ccc(C)cc1. The minimum atomic E-state index is -0.523. The Hall–Kier alpha value is -2.21. The van der Waals surface area contributed by atoms with Gasteiger partial charge in [0.15, 0.2) is 5.69 Å². The Bertz CT molecular complexity index is 575. The van der Waals surface area contributed by atoms with Crippen LogP contribution >= 0.6 is 0 Å². The lowest BCUT2D eigenvalue weighted by atomic mass is 10.2. The Morgan fingerprint density at radius 2 is 1.95 bits per heavy atom. The number of hydrogen-bond donors (Lipinski definition) is 0. The van der Waals surface area contributed by atoms with Crippen LogP contribution in [0.1, 0.15) is 21.7 Å². The number of carbonyl (C=O) groups is 1. The van der Waals surface area contributed by atoms with E-state index in [4.69, 9.17) is 4.74 Å². The van der Waals surface area contributed by atoms with Crippen molar-refractivity contribution in [3.63, 3.8) is 0 Å². The van der Waals surface area contributed by atoms with E-state index in [1.165, 1.54) is 7.11 Å². The molecule has 0 aliphatic rings. The monoisotopic (exact) mass is 261 g/mol. The second kappa shape index (κ2) is 5.62. The summed E-state index contributed by atoms with van der Waals surface area (Å²) in [6.07, 6.45) is 0. The maximum atomic E-state index is 11.6. The molecule has 6 heteroatoms. The van der Waals surface area contributed by atoms with Gasteiger partial charge >= 0.3 is 5.97 Å². The number of methoxy groups -OCH3 is 2. The third-order valence-corrected chi connectivity index (χ3v) is 2.70. The highest BCUT2D eigenvalue weighted by atomic mass is 16.5. The molecule has 1 aromatic heterocycles. The highest BCUT2D eigenvalue weighted by Crippen LogP contribution is 2.15. The number of aryl methyl sites for hydroxylation is 1. The largest absolute Gasteiger partial charge is 0.464 e. The normalized spacial score (nSPS) is 10.5. The van der Waals surface area contributed by atoms with Gasteiger partial charge in [-0.2, -0.15) is 0 Å². The zero-order chi connectivity index (χ0) is 13.8. The molecule has 0 spiro atoms. The van der Waals surface area contributed by atoms with Gasteiger partial charge in [0.2, 0.25) is 0 Å². The van der Waals surface area contributed by atoms with E-state index >= 15 is 0 Å². The van der Waals surface area contributed by atoms with Crippen molar-refractivity contribution in [3.05, 3.63) is 41.2 Å². The second-order valence-corrected chi connectivity index (χ2v) is 4.06. The quantitative estimate of drug-likeness (QED) is 0.780. The van der Waals surface area contributed by atoms with Gasteiger partial charge in [-0.1, -0.05) is 22.9 Å². The molecule has 0 saturated carbocycles. The first-order valence-corrected chi connectivity index (χ1v) is 5.76. The van der Waals surface area contributed by atoms with Crippen molar-refractivity contribution < 1.29 is 14.3 Å². The van der Waals surface area contributed by atoms with E-state index in [1.54, 1.807) is 11.8 Å². The minimum Gasteiger partial charge on any atom is -0.464 e. The van der Waals surface area contributed by atoms with E-state index in [-0.39, 0.29) is 12.3 Å². The summed E-state index contributed by atoms with van der Waals surface area (Å²) in [5, 5.41) is 7.85. The summed E-state index contributed by atoms with van der Waals surface area (Å²) in [7, 11) is 2.86. The summed E-state index contributed by atoms with van der Waals surface area (Å²) in [5.41, 5.74) is 2.70. The van der Waals surface area contributed by atoms with Crippen molar-refractivity contribution in [2.45, 2.75) is 13.5 Å². The third-order valence-electron chi connectivity index (χ3n) is 2.70. The van der Waals surface area contributed by atoms with Crippen LogP contribution in [-0.4, -0.2) is 35.2 Å². The van der Waals surface area contributed by atoms with Crippen molar-refractivity contribution in [1.82, 2.24) is 15.0 Å². The van der Waals surface area contributed by atoms with Gasteiger partial charge in [-0.15, -0.1) is 5.10 Å². The molecule has 2 rings (SSSR count). The first kappa shape index (κ1) is 13.2. The summed E-state index contributed by atoms with van der Waals surface area (Å²) in [4.78, 5) is 11.6. The summed E-state index contributed by atoms with van der Waals surface area (Å²) in [5.74, 6) is -0.523. The van der Waals surface area contributed by atoms with E-state index in [0.29, 0.717) is 5.69 Å². The number of hydrogen-bond acceptors (Lipinski definition) is 5. The van der Waals surface area contributed by atoms with E-state index in [2.05, 4.69) is 15.0 Å². The number of benzene rings is 1. The van der Waals surface area contributed by atoms with Gasteiger partial charge in [0, 0.05) is 7.11 Å². The molecule has 0 N–H and O–H groups in total. The van der Waals surface area contributed by atoms with Gasteiger partial charge in [-0.25, -0.2) is 9.48 Å². The van der Waals surface area contributed by atoms with E-state index in [0.717, 1.165) is 11.3 Å². The van der Waals surface area contributed by atoms with E-state index in [1.807, 2.05) is 31.2 Å². The van der Waals surface area contributed by atoms with Crippen LogP contribution in [-0.2, 0) is 16.1 Å². The summed E-state index contributed by atoms with van der Waals surface area (Å²) in [6, 6.07) is 7.74. The maximum absolute atomic E-state index is 11.6. The first-order valence-electron chi connectivity index (χ1n) is 5.76. The lowest BCUT2D eigenvalue weighted by Crippen LogP contribution is -2.09. The molecule has 2 aromatic rings. The average molecular weight is 261 g/mol. The van der Waals surface area contributed by atoms with Crippen molar-refractivity contribution in [2.75, 3.05) is 14.2 Å². The van der Waals surface area contributed by atoms with Crippen molar-refractivity contribution in [1.29, 1.82) is 0 Å². The van der Waals surface area contributed by atoms with Crippen molar-refractivity contribution in [2.24, 2.45) is 0 Å². The van der Waals surface area contributed by atoms with E-state index in [9.17, 15) is 4.79 Å². The first-order chi connectivity index (χ1) is 9.17. The fourth-order valence-corrected chi connectivity index (χ4v) is 1.72. The van der Waals surface area contributed by atoms with Crippen LogP contribution in [0.25, 0.3) is 5.69 Å². The molecule has 19 heavy (non-hydrogen) atoms. The van der Waals surface area contributed by atoms with Crippen LogP contribution < -0.4 is 0 Å². The van der Waals surface area contributed by atoms with Crippen LogP contribution in [0.15, 0.2) is 24.3 Å². The molecule has 0 fully saturated rings. The molecule has 100 valence electrons. The molecular weight excluding hydrogens is 246 g/mol. The molecule has 0 bridgehead atoms. The average Bonchev–Trinajstić information content (AvgIpc) is 2.83. The van der Waals surface area contributed by atoms with Crippen LogP contribution in [0.5, 0.6) is 0 Å². The Kier molecular flexibility index (Phi) is 3.91. The Balaban J connectivity index is 2.48. The lowest BCUT2D eigenvalue weighted by Gasteiger charge is -2.06. The highest BCUT2D eigenvalue weighted by Gasteiger charge is 2.20. The fraction of sp³-hybridized carbons (Fsp3) is 0.308. The highest BCUT2D eigenvalue weighted by molar-refractivity contribution is 5.88. The smallest absolute Gasteiger partial charge is 0.360 e. The Morgan fingerprint density at radius 1 is 1.26 bits per heavy atom. The van der Waals surface area contributed by atoms with Gasteiger partial charge in [0.05, 0.1) is 19.4 Å². The molecule has 0 radical (unpaired) electrons. The van der Waals surface area contributed by atoms with Gasteiger partial charge in [-0.3, -0.25) is 0 Å². The zero-order valence-electron chi connectivity index (χ0n) is 11.1. The summed E-state index contributed by atoms with van der Waals surface area (Å²) >= 11 is 0. The predicted octanol–water partition coefficient (Wildman–Crippen LogP) is 1.51. The molecule has 0 atom stereocenters. The van der Waals surface area contributed by atoms with Crippen LogP contribution in [0.2, 0.25) is 0 Å². The number of rotatable bonds is 4. The molecule has 0 aliphatic heterocycles. The third kappa shape index (κ3) is 2.63. The number of carbonyl (C=O) groups excluding carboxylic acids is 1. The molecule has 6 nitrogen and oxygen atoms in total. The van der Waals surface area contributed by atoms with Crippen molar-refractivity contribution in [3.8, 4) is 5.69 Å². The molecule has 1 heterocycles. The zero-order valence-corrected chi connectivity index (χ0v) is 11.1. The molecule has 0 unspecified atom stereocenters.